The summed E-state index contributed by atoms with van der Waals surface area (Å²) in [5.41, 5.74) is 0.368. The average Bonchev–Trinajstić information content (AvgIpc) is 2.49. The predicted molar refractivity (Wildman–Crippen MR) is 73.7 cm³/mol. The van der Waals surface area contributed by atoms with Crippen molar-refractivity contribution in [2.45, 2.75) is 0 Å². The monoisotopic (exact) mass is 276 g/mol. The van der Waals surface area contributed by atoms with Gasteiger partial charge in [-0.1, -0.05) is 5.92 Å². The predicted octanol–water partition coefficient (Wildman–Crippen LogP) is 0.183. The first-order chi connectivity index (χ1) is 9.62. The van der Waals surface area contributed by atoms with E-state index >= 15 is 0 Å². The summed E-state index contributed by atoms with van der Waals surface area (Å²) >= 11 is 0. The minimum Gasteiger partial charge on any atom is -0.493 e. The van der Waals surface area contributed by atoms with Crippen molar-refractivity contribution in [3.63, 3.8) is 0 Å². The fourth-order valence-corrected chi connectivity index (χ4v) is 1.45. The van der Waals surface area contributed by atoms with Gasteiger partial charge < -0.3 is 20.1 Å². The van der Waals surface area contributed by atoms with Crippen LogP contribution < -0.4 is 20.1 Å². The normalized spacial score (nSPS) is 9.25. The molecule has 106 valence electrons. The lowest BCUT2D eigenvalue weighted by atomic mass is 10.2. The molecule has 0 aliphatic carbocycles. The summed E-state index contributed by atoms with van der Waals surface area (Å²) in [6.07, 6.45) is 5.01. The number of hydrogen-bond donors (Lipinski definition) is 2. The van der Waals surface area contributed by atoms with Gasteiger partial charge in [0.05, 0.1) is 27.3 Å². The third kappa shape index (κ3) is 4.21. The highest BCUT2D eigenvalue weighted by Gasteiger charge is 2.11. The molecule has 6 nitrogen and oxygen atoms in total. The third-order valence-electron chi connectivity index (χ3n) is 2.44. The van der Waals surface area contributed by atoms with E-state index in [0.717, 1.165) is 0 Å². The number of methoxy groups -OCH3 is 2. The van der Waals surface area contributed by atoms with Crippen molar-refractivity contribution in [2.75, 3.05) is 27.3 Å². The van der Waals surface area contributed by atoms with Crippen LogP contribution >= 0.6 is 0 Å². The average molecular weight is 276 g/mol. The van der Waals surface area contributed by atoms with Gasteiger partial charge in [0, 0.05) is 5.56 Å². The van der Waals surface area contributed by atoms with Gasteiger partial charge >= 0.3 is 0 Å². The molecule has 0 saturated carbocycles. The second-order valence-corrected chi connectivity index (χ2v) is 3.73. The molecule has 0 aliphatic rings. The van der Waals surface area contributed by atoms with Crippen LogP contribution in [0.4, 0.5) is 0 Å². The Kier molecular flexibility index (Phi) is 5.91. The molecule has 0 bridgehead atoms. The van der Waals surface area contributed by atoms with Crippen LogP contribution in [0.1, 0.15) is 10.4 Å². The summed E-state index contributed by atoms with van der Waals surface area (Å²) in [4.78, 5) is 23.2. The third-order valence-corrected chi connectivity index (χ3v) is 2.44. The van der Waals surface area contributed by atoms with Crippen LogP contribution in [0.2, 0.25) is 0 Å². The lowest BCUT2D eigenvalue weighted by Gasteiger charge is -2.09. The highest BCUT2D eigenvalue weighted by molar-refractivity contribution is 5.97. The molecular formula is C14H16N2O4. The lowest BCUT2D eigenvalue weighted by Crippen LogP contribution is -2.37. The number of rotatable bonds is 6. The zero-order valence-corrected chi connectivity index (χ0v) is 11.4. The standard InChI is InChI=1S/C14H16N2O4/c1-4-7-15-13(17)9-16-14(18)10-5-6-11(19-2)12(8-10)20-3/h1,5-6,8H,7,9H2,2-3H3,(H,15,17)(H,16,18). The molecule has 2 amide bonds. The van der Waals surface area contributed by atoms with Gasteiger partial charge in [-0.2, -0.15) is 0 Å². The number of amides is 2. The van der Waals surface area contributed by atoms with Crippen molar-refractivity contribution < 1.29 is 19.1 Å². The molecule has 0 heterocycles. The molecule has 2 N–H and O–H groups in total. The zero-order chi connectivity index (χ0) is 15.0. The van der Waals surface area contributed by atoms with E-state index in [1.807, 2.05) is 0 Å². The van der Waals surface area contributed by atoms with E-state index in [4.69, 9.17) is 15.9 Å². The van der Waals surface area contributed by atoms with Crippen molar-refractivity contribution in [3.8, 4) is 23.8 Å². The minimum absolute atomic E-state index is 0.130. The molecule has 0 fully saturated rings. The van der Waals surface area contributed by atoms with Crippen molar-refractivity contribution >= 4 is 11.8 Å². The Morgan fingerprint density at radius 2 is 1.90 bits per heavy atom. The van der Waals surface area contributed by atoms with Crippen LogP contribution in [0.5, 0.6) is 11.5 Å². The molecule has 0 aliphatic heterocycles. The van der Waals surface area contributed by atoms with E-state index < -0.39 is 0 Å². The van der Waals surface area contributed by atoms with Gasteiger partial charge in [0.25, 0.3) is 5.91 Å². The molecule has 1 aromatic rings. The summed E-state index contributed by atoms with van der Waals surface area (Å²) in [6.45, 7) is -0.0140. The molecule has 0 aromatic heterocycles. The number of carbonyl (C=O) groups excluding carboxylic acids is 2. The topological polar surface area (TPSA) is 76.7 Å². The molecular weight excluding hydrogens is 260 g/mol. The summed E-state index contributed by atoms with van der Waals surface area (Å²) in [7, 11) is 2.99. The van der Waals surface area contributed by atoms with Crippen molar-refractivity contribution in [2.24, 2.45) is 0 Å². The number of benzene rings is 1. The van der Waals surface area contributed by atoms with Crippen molar-refractivity contribution in [3.05, 3.63) is 23.8 Å². The molecule has 6 heteroatoms. The first-order valence-corrected chi connectivity index (χ1v) is 5.82. The summed E-state index contributed by atoms with van der Waals surface area (Å²) in [6, 6.07) is 4.73. The molecule has 0 radical (unpaired) electrons. The maximum atomic E-state index is 11.9. The second kappa shape index (κ2) is 7.69. The Hall–Kier alpha value is -2.68. The largest absolute Gasteiger partial charge is 0.493 e. The van der Waals surface area contributed by atoms with Gasteiger partial charge in [-0.05, 0) is 18.2 Å². The van der Waals surface area contributed by atoms with Gasteiger partial charge in [-0.3, -0.25) is 9.59 Å². The Balaban J connectivity index is 2.64. The highest BCUT2D eigenvalue weighted by Crippen LogP contribution is 2.27. The number of terminal acetylenes is 1. The summed E-state index contributed by atoms with van der Waals surface area (Å²) < 4.78 is 10.2. The molecule has 0 spiro atoms. The van der Waals surface area contributed by atoms with E-state index in [0.29, 0.717) is 17.1 Å². The minimum atomic E-state index is -0.387. The summed E-state index contributed by atoms with van der Waals surface area (Å²) in [5.74, 6) is 2.50. The van der Waals surface area contributed by atoms with E-state index in [1.165, 1.54) is 20.3 Å². The van der Waals surface area contributed by atoms with E-state index in [-0.39, 0.29) is 24.9 Å². The van der Waals surface area contributed by atoms with Gasteiger partial charge in [0.2, 0.25) is 5.91 Å². The SMILES string of the molecule is C#CCNC(=O)CNC(=O)c1ccc(OC)c(OC)c1. The van der Waals surface area contributed by atoms with Crippen LogP contribution in [0.3, 0.4) is 0 Å². The fourth-order valence-electron chi connectivity index (χ4n) is 1.45. The number of nitrogens with one attached hydrogen (secondary N) is 2. The van der Waals surface area contributed by atoms with Crippen LogP contribution in [-0.2, 0) is 4.79 Å². The molecule has 1 rings (SSSR count). The maximum Gasteiger partial charge on any atom is 0.251 e. The number of hydrogen-bond acceptors (Lipinski definition) is 4. The molecule has 0 unspecified atom stereocenters. The first-order valence-electron chi connectivity index (χ1n) is 5.82. The van der Waals surface area contributed by atoms with Crippen molar-refractivity contribution in [1.82, 2.24) is 10.6 Å². The number of carbonyl (C=O) groups is 2. The maximum absolute atomic E-state index is 11.9. The lowest BCUT2D eigenvalue weighted by molar-refractivity contribution is -0.119. The Labute approximate surface area is 117 Å². The smallest absolute Gasteiger partial charge is 0.251 e. The quantitative estimate of drug-likeness (QED) is 0.727. The van der Waals surface area contributed by atoms with Crippen LogP contribution in [0.15, 0.2) is 18.2 Å². The van der Waals surface area contributed by atoms with Crippen LogP contribution in [-0.4, -0.2) is 39.1 Å². The molecule has 0 atom stereocenters. The highest BCUT2D eigenvalue weighted by atomic mass is 16.5. The van der Waals surface area contributed by atoms with E-state index in [2.05, 4.69) is 16.6 Å². The van der Waals surface area contributed by atoms with E-state index in [1.54, 1.807) is 12.1 Å². The zero-order valence-electron chi connectivity index (χ0n) is 11.4. The second-order valence-electron chi connectivity index (χ2n) is 3.73. The van der Waals surface area contributed by atoms with Crippen molar-refractivity contribution in [1.29, 1.82) is 0 Å². The Morgan fingerprint density at radius 1 is 1.20 bits per heavy atom. The van der Waals surface area contributed by atoms with Gasteiger partial charge in [0.1, 0.15) is 0 Å². The summed E-state index contributed by atoms with van der Waals surface area (Å²) in [5, 5.41) is 4.93. The van der Waals surface area contributed by atoms with Crippen LogP contribution in [0.25, 0.3) is 0 Å². The van der Waals surface area contributed by atoms with Gasteiger partial charge in [-0.15, -0.1) is 6.42 Å². The molecule has 0 saturated heterocycles. The Bertz CT molecular complexity index is 534. The van der Waals surface area contributed by atoms with Gasteiger partial charge in [-0.25, -0.2) is 0 Å². The fraction of sp³-hybridized carbons (Fsp3) is 0.286. The Morgan fingerprint density at radius 3 is 2.50 bits per heavy atom. The van der Waals surface area contributed by atoms with Gasteiger partial charge in [0.15, 0.2) is 11.5 Å². The van der Waals surface area contributed by atoms with Crippen LogP contribution in [0, 0.1) is 12.3 Å². The number of ether oxygens (including phenoxy) is 2. The molecule has 1 aromatic carbocycles. The van der Waals surface area contributed by atoms with E-state index in [9.17, 15) is 9.59 Å². The first kappa shape index (κ1) is 15.4. The molecule has 20 heavy (non-hydrogen) atoms.